The van der Waals surface area contributed by atoms with Crippen LogP contribution >= 0.6 is 0 Å². The predicted octanol–water partition coefficient (Wildman–Crippen LogP) is 4.67. The summed E-state index contributed by atoms with van der Waals surface area (Å²) in [7, 11) is 0. The van der Waals surface area contributed by atoms with Gasteiger partial charge in [-0.1, -0.05) is 19.9 Å². The molecule has 2 aromatic carbocycles. The molecule has 0 radical (unpaired) electrons. The number of cyclic esters (lactones) is 1. The van der Waals surface area contributed by atoms with Gasteiger partial charge in [0.15, 0.2) is 0 Å². The van der Waals surface area contributed by atoms with E-state index in [1.165, 1.54) is 0 Å². The monoisotopic (exact) mass is 363 g/mol. The molecule has 1 saturated heterocycles. The standard InChI is InChI=1S/C22H25N3O2/c1-14-5-7-17(10-18(14)21-22(3,4)11-20(26)27-21)24-13-25-19-8-6-16(12-23)9-15(19)2/h5-10,21,24-25H,11,13H2,1-4H3. The molecule has 0 saturated carbocycles. The number of nitrogens with one attached hydrogen (secondary N) is 2. The molecule has 0 aromatic heterocycles. The zero-order chi connectivity index (χ0) is 19.6. The minimum absolute atomic E-state index is 0.138. The van der Waals surface area contributed by atoms with Crippen molar-refractivity contribution in [3.8, 4) is 6.07 Å². The van der Waals surface area contributed by atoms with Crippen LogP contribution in [0.15, 0.2) is 36.4 Å². The molecule has 2 aromatic rings. The maximum atomic E-state index is 11.8. The summed E-state index contributed by atoms with van der Waals surface area (Å²) in [6, 6.07) is 13.9. The van der Waals surface area contributed by atoms with Crippen LogP contribution < -0.4 is 10.6 Å². The Morgan fingerprint density at radius 2 is 1.93 bits per heavy atom. The number of esters is 1. The largest absolute Gasteiger partial charge is 0.457 e. The fourth-order valence-corrected chi connectivity index (χ4v) is 3.49. The molecule has 1 atom stereocenters. The summed E-state index contributed by atoms with van der Waals surface area (Å²) in [5.74, 6) is -0.138. The van der Waals surface area contributed by atoms with Crippen LogP contribution in [0.25, 0.3) is 0 Å². The molecule has 0 amide bonds. The zero-order valence-electron chi connectivity index (χ0n) is 16.2. The van der Waals surface area contributed by atoms with Crippen LogP contribution in [0.2, 0.25) is 0 Å². The molecular weight excluding hydrogens is 338 g/mol. The first-order valence-corrected chi connectivity index (χ1v) is 9.09. The molecule has 140 valence electrons. The highest BCUT2D eigenvalue weighted by Crippen LogP contribution is 2.46. The van der Waals surface area contributed by atoms with Crippen molar-refractivity contribution in [1.29, 1.82) is 5.26 Å². The van der Waals surface area contributed by atoms with Crippen molar-refractivity contribution in [3.63, 3.8) is 0 Å². The van der Waals surface area contributed by atoms with Crippen LogP contribution in [0, 0.1) is 30.6 Å². The Kier molecular flexibility index (Phi) is 5.09. The third kappa shape index (κ3) is 4.06. The normalized spacial score (nSPS) is 17.9. The SMILES string of the molecule is Cc1cc(C#N)ccc1NCNc1ccc(C)c(C2OC(=O)CC2(C)C)c1. The predicted molar refractivity (Wildman–Crippen MR) is 106 cm³/mol. The second kappa shape index (κ2) is 7.32. The summed E-state index contributed by atoms with van der Waals surface area (Å²) in [6.07, 6.45) is 0.217. The van der Waals surface area contributed by atoms with Gasteiger partial charge in [0.25, 0.3) is 0 Å². The highest BCUT2D eigenvalue weighted by Gasteiger charge is 2.43. The summed E-state index contributed by atoms with van der Waals surface area (Å²) in [4.78, 5) is 11.8. The van der Waals surface area contributed by atoms with Gasteiger partial charge in [-0.3, -0.25) is 4.79 Å². The van der Waals surface area contributed by atoms with Crippen LogP contribution in [0.5, 0.6) is 0 Å². The molecule has 1 aliphatic rings. The van der Waals surface area contributed by atoms with E-state index in [1.807, 2.05) is 38.1 Å². The van der Waals surface area contributed by atoms with E-state index in [1.54, 1.807) is 6.07 Å². The van der Waals surface area contributed by atoms with E-state index in [2.05, 4.69) is 36.6 Å². The molecule has 1 heterocycles. The number of hydrogen-bond donors (Lipinski definition) is 2. The van der Waals surface area contributed by atoms with E-state index in [0.29, 0.717) is 18.7 Å². The van der Waals surface area contributed by atoms with Crippen LogP contribution in [-0.2, 0) is 9.53 Å². The van der Waals surface area contributed by atoms with Crippen molar-refractivity contribution in [3.05, 3.63) is 58.7 Å². The lowest BCUT2D eigenvalue weighted by Gasteiger charge is -2.26. The first-order valence-electron chi connectivity index (χ1n) is 9.09. The Morgan fingerprint density at radius 1 is 1.15 bits per heavy atom. The highest BCUT2D eigenvalue weighted by atomic mass is 16.6. The quantitative estimate of drug-likeness (QED) is 0.596. The number of anilines is 2. The maximum Gasteiger partial charge on any atom is 0.307 e. The van der Waals surface area contributed by atoms with Gasteiger partial charge in [0.05, 0.1) is 24.7 Å². The first kappa shape index (κ1) is 18.8. The number of carbonyl (C=O) groups is 1. The van der Waals surface area contributed by atoms with Crippen molar-refractivity contribution < 1.29 is 9.53 Å². The van der Waals surface area contributed by atoms with Gasteiger partial charge in [-0.2, -0.15) is 5.26 Å². The number of nitrogens with zero attached hydrogens (tertiary/aromatic N) is 1. The number of rotatable bonds is 5. The fourth-order valence-electron chi connectivity index (χ4n) is 3.49. The molecule has 5 heteroatoms. The van der Waals surface area contributed by atoms with Crippen molar-refractivity contribution in [2.45, 2.75) is 40.2 Å². The zero-order valence-corrected chi connectivity index (χ0v) is 16.2. The number of aryl methyl sites for hydroxylation is 2. The lowest BCUT2D eigenvalue weighted by Crippen LogP contribution is -2.18. The summed E-state index contributed by atoms with van der Waals surface area (Å²) in [6.45, 7) is 8.70. The lowest BCUT2D eigenvalue weighted by atomic mass is 9.80. The van der Waals surface area contributed by atoms with Gasteiger partial charge >= 0.3 is 5.97 Å². The molecule has 5 nitrogen and oxygen atoms in total. The molecule has 0 aliphatic carbocycles. The third-order valence-electron chi connectivity index (χ3n) is 5.05. The average Bonchev–Trinajstić information content (AvgIpc) is 2.89. The fraction of sp³-hybridized carbons (Fsp3) is 0.364. The van der Waals surface area contributed by atoms with E-state index >= 15 is 0 Å². The number of benzene rings is 2. The van der Waals surface area contributed by atoms with E-state index in [4.69, 9.17) is 10.00 Å². The minimum atomic E-state index is -0.222. The van der Waals surface area contributed by atoms with Gasteiger partial charge in [0, 0.05) is 16.8 Å². The number of ether oxygens (including phenoxy) is 1. The molecule has 2 N–H and O–H groups in total. The second-order valence-electron chi connectivity index (χ2n) is 7.78. The molecule has 0 spiro atoms. The summed E-state index contributed by atoms with van der Waals surface area (Å²) in [5.41, 5.74) is 5.59. The molecule has 1 aliphatic heterocycles. The lowest BCUT2D eigenvalue weighted by molar-refractivity contribution is -0.142. The van der Waals surface area contributed by atoms with E-state index in [-0.39, 0.29) is 17.5 Å². The van der Waals surface area contributed by atoms with Crippen LogP contribution in [0.4, 0.5) is 11.4 Å². The van der Waals surface area contributed by atoms with Gasteiger partial charge < -0.3 is 15.4 Å². The molecule has 3 rings (SSSR count). The average molecular weight is 363 g/mol. The van der Waals surface area contributed by atoms with E-state index in [9.17, 15) is 4.79 Å². The van der Waals surface area contributed by atoms with Crippen molar-refractivity contribution in [2.24, 2.45) is 5.41 Å². The van der Waals surface area contributed by atoms with Gasteiger partial charge in [0.1, 0.15) is 6.10 Å². The molecule has 0 bridgehead atoms. The van der Waals surface area contributed by atoms with Gasteiger partial charge in [-0.15, -0.1) is 0 Å². The number of nitriles is 1. The van der Waals surface area contributed by atoms with E-state index < -0.39 is 0 Å². The molecule has 1 unspecified atom stereocenters. The molecule has 27 heavy (non-hydrogen) atoms. The molecular formula is C22H25N3O2. The smallest absolute Gasteiger partial charge is 0.307 e. The van der Waals surface area contributed by atoms with Crippen molar-refractivity contribution >= 4 is 17.3 Å². The van der Waals surface area contributed by atoms with Crippen LogP contribution in [0.1, 0.15) is 48.6 Å². The summed E-state index contributed by atoms with van der Waals surface area (Å²) < 4.78 is 5.60. The Balaban J connectivity index is 1.70. The first-order chi connectivity index (χ1) is 12.8. The van der Waals surface area contributed by atoms with Crippen molar-refractivity contribution in [1.82, 2.24) is 0 Å². The Bertz CT molecular complexity index is 912. The van der Waals surface area contributed by atoms with Gasteiger partial charge in [-0.25, -0.2) is 0 Å². The van der Waals surface area contributed by atoms with E-state index in [0.717, 1.165) is 28.1 Å². The Labute approximate surface area is 160 Å². The third-order valence-corrected chi connectivity index (χ3v) is 5.05. The second-order valence-corrected chi connectivity index (χ2v) is 7.78. The summed E-state index contributed by atoms with van der Waals surface area (Å²) >= 11 is 0. The van der Waals surface area contributed by atoms with Crippen LogP contribution in [0.3, 0.4) is 0 Å². The topological polar surface area (TPSA) is 74.2 Å². The Morgan fingerprint density at radius 3 is 2.56 bits per heavy atom. The maximum absolute atomic E-state index is 11.8. The highest BCUT2D eigenvalue weighted by molar-refractivity contribution is 5.73. The van der Waals surface area contributed by atoms with Crippen molar-refractivity contribution in [2.75, 3.05) is 17.3 Å². The number of hydrogen-bond acceptors (Lipinski definition) is 5. The minimum Gasteiger partial charge on any atom is -0.457 e. The van der Waals surface area contributed by atoms with Gasteiger partial charge in [0.2, 0.25) is 0 Å². The number of carbonyl (C=O) groups excluding carboxylic acids is 1. The van der Waals surface area contributed by atoms with Gasteiger partial charge in [-0.05, 0) is 60.9 Å². The summed E-state index contributed by atoms with van der Waals surface area (Å²) in [5, 5.41) is 15.7. The van der Waals surface area contributed by atoms with Crippen LogP contribution in [-0.4, -0.2) is 12.6 Å². The molecule has 1 fully saturated rings. The Hall–Kier alpha value is -3.00.